The number of rotatable bonds is 6. The first-order chi connectivity index (χ1) is 10.6. The van der Waals surface area contributed by atoms with Crippen LogP contribution >= 0.6 is 34.4 Å². The van der Waals surface area contributed by atoms with Crippen LogP contribution in [-0.2, 0) is 10.5 Å². The van der Waals surface area contributed by atoms with Crippen molar-refractivity contribution in [3.63, 3.8) is 0 Å². The Morgan fingerprint density at radius 1 is 1.23 bits per heavy atom. The second kappa shape index (κ2) is 8.95. The first-order valence-electron chi connectivity index (χ1n) is 6.85. The number of amides is 1. The summed E-state index contributed by atoms with van der Waals surface area (Å²) in [5, 5.41) is 3.97. The smallest absolute Gasteiger partial charge is 0.250 e. The van der Waals surface area contributed by atoms with E-state index in [9.17, 15) is 4.79 Å². The third-order valence-electron chi connectivity index (χ3n) is 3.02. The number of aryl methyl sites for hydroxylation is 1. The molecule has 0 aliphatic carbocycles. The van der Waals surface area contributed by atoms with E-state index in [1.54, 1.807) is 18.0 Å². The van der Waals surface area contributed by atoms with Crippen LogP contribution in [0, 0.1) is 10.5 Å². The van der Waals surface area contributed by atoms with Crippen LogP contribution in [0.3, 0.4) is 0 Å². The Balaban J connectivity index is 1.72. The van der Waals surface area contributed by atoms with Crippen LogP contribution in [0.1, 0.15) is 16.7 Å². The van der Waals surface area contributed by atoms with Gasteiger partial charge in [-0.2, -0.15) is 5.10 Å². The standard InChI is InChI=1S/C17H17IN2OS/c1-13-4-2-3-5-15(13)11-22-12-17(21)20-19-10-14-6-8-16(18)9-7-14/h2-10H,11-12H2,1H3,(H,20,21)/b19-10-. The Labute approximate surface area is 148 Å². The molecule has 0 aromatic heterocycles. The molecule has 2 aromatic rings. The highest BCUT2D eigenvalue weighted by molar-refractivity contribution is 14.1. The molecule has 3 nitrogen and oxygen atoms in total. The summed E-state index contributed by atoms with van der Waals surface area (Å²) in [5.41, 5.74) is 6.04. The van der Waals surface area contributed by atoms with E-state index >= 15 is 0 Å². The molecule has 1 N–H and O–H groups in total. The van der Waals surface area contributed by atoms with Gasteiger partial charge in [0.05, 0.1) is 12.0 Å². The van der Waals surface area contributed by atoms with Gasteiger partial charge in [0.25, 0.3) is 0 Å². The maximum atomic E-state index is 11.7. The van der Waals surface area contributed by atoms with Crippen LogP contribution in [0.5, 0.6) is 0 Å². The van der Waals surface area contributed by atoms with Crippen molar-refractivity contribution in [1.29, 1.82) is 0 Å². The molecule has 0 radical (unpaired) electrons. The maximum Gasteiger partial charge on any atom is 0.250 e. The quantitative estimate of drug-likeness (QED) is 0.433. The van der Waals surface area contributed by atoms with Crippen LogP contribution in [0.4, 0.5) is 0 Å². The number of benzene rings is 2. The van der Waals surface area contributed by atoms with Crippen LogP contribution in [0.2, 0.25) is 0 Å². The van der Waals surface area contributed by atoms with Crippen molar-refractivity contribution in [2.45, 2.75) is 12.7 Å². The van der Waals surface area contributed by atoms with Gasteiger partial charge in [0.1, 0.15) is 0 Å². The second-order valence-electron chi connectivity index (χ2n) is 4.76. The Hall–Kier alpha value is -1.34. The molecule has 0 aliphatic rings. The van der Waals surface area contributed by atoms with Gasteiger partial charge in [0.15, 0.2) is 0 Å². The molecule has 114 valence electrons. The summed E-state index contributed by atoms with van der Waals surface area (Å²) in [4.78, 5) is 11.7. The largest absolute Gasteiger partial charge is 0.272 e. The minimum atomic E-state index is -0.0830. The van der Waals surface area contributed by atoms with Crippen molar-refractivity contribution in [3.05, 3.63) is 68.8 Å². The number of halogens is 1. The zero-order chi connectivity index (χ0) is 15.8. The zero-order valence-corrected chi connectivity index (χ0v) is 15.2. The number of nitrogens with one attached hydrogen (secondary N) is 1. The Morgan fingerprint density at radius 3 is 2.68 bits per heavy atom. The van der Waals surface area contributed by atoms with E-state index in [0.29, 0.717) is 5.75 Å². The minimum Gasteiger partial charge on any atom is -0.272 e. The van der Waals surface area contributed by atoms with Gasteiger partial charge >= 0.3 is 0 Å². The Kier molecular flexibility index (Phi) is 6.92. The fourth-order valence-corrected chi connectivity index (χ4v) is 3.04. The molecule has 2 aromatic carbocycles. The topological polar surface area (TPSA) is 41.5 Å². The highest BCUT2D eigenvalue weighted by atomic mass is 127. The monoisotopic (exact) mass is 424 g/mol. The molecule has 0 aliphatic heterocycles. The average Bonchev–Trinajstić information content (AvgIpc) is 2.51. The van der Waals surface area contributed by atoms with E-state index < -0.39 is 0 Å². The van der Waals surface area contributed by atoms with Crippen LogP contribution in [-0.4, -0.2) is 17.9 Å². The molecule has 1 amide bonds. The molecule has 0 atom stereocenters. The lowest BCUT2D eigenvalue weighted by atomic mass is 10.1. The summed E-state index contributed by atoms with van der Waals surface area (Å²) in [5.74, 6) is 1.15. The molecule has 0 bridgehead atoms. The van der Waals surface area contributed by atoms with Gasteiger partial charge in [0.2, 0.25) is 5.91 Å². The van der Waals surface area contributed by atoms with Gasteiger partial charge in [-0.1, -0.05) is 36.4 Å². The van der Waals surface area contributed by atoms with Crippen molar-refractivity contribution in [3.8, 4) is 0 Å². The number of hydrazone groups is 1. The van der Waals surface area contributed by atoms with E-state index in [1.807, 2.05) is 36.4 Å². The fourth-order valence-electron chi connectivity index (χ4n) is 1.79. The van der Waals surface area contributed by atoms with Crippen LogP contribution in [0.15, 0.2) is 53.6 Å². The SMILES string of the molecule is Cc1ccccc1CSCC(=O)N/N=C\c1ccc(I)cc1. The molecular weight excluding hydrogens is 407 g/mol. The molecule has 5 heteroatoms. The van der Waals surface area contributed by atoms with Crippen molar-refractivity contribution in [2.24, 2.45) is 5.10 Å². The Morgan fingerprint density at radius 2 is 1.95 bits per heavy atom. The van der Waals surface area contributed by atoms with Gasteiger partial charge in [-0.25, -0.2) is 5.43 Å². The normalized spacial score (nSPS) is 10.8. The van der Waals surface area contributed by atoms with E-state index in [4.69, 9.17) is 0 Å². The van der Waals surface area contributed by atoms with Gasteiger partial charge < -0.3 is 0 Å². The molecule has 0 fully saturated rings. The van der Waals surface area contributed by atoms with Gasteiger partial charge in [-0.05, 0) is 58.3 Å². The minimum absolute atomic E-state index is 0.0830. The third kappa shape index (κ3) is 5.81. The third-order valence-corrected chi connectivity index (χ3v) is 4.73. The lowest BCUT2D eigenvalue weighted by Crippen LogP contribution is -2.19. The molecule has 0 spiro atoms. The van der Waals surface area contributed by atoms with E-state index in [-0.39, 0.29) is 5.91 Å². The second-order valence-corrected chi connectivity index (χ2v) is 7.00. The molecule has 0 unspecified atom stereocenters. The highest BCUT2D eigenvalue weighted by Gasteiger charge is 2.02. The summed E-state index contributed by atoms with van der Waals surface area (Å²) in [6.45, 7) is 2.08. The number of carbonyl (C=O) groups excluding carboxylic acids is 1. The summed E-state index contributed by atoms with van der Waals surface area (Å²) in [6, 6.07) is 16.2. The summed E-state index contributed by atoms with van der Waals surface area (Å²) < 4.78 is 1.17. The number of carbonyl (C=O) groups is 1. The van der Waals surface area contributed by atoms with Gasteiger partial charge in [0, 0.05) is 9.32 Å². The van der Waals surface area contributed by atoms with Crippen molar-refractivity contribution in [2.75, 3.05) is 5.75 Å². The summed E-state index contributed by atoms with van der Waals surface area (Å²) in [7, 11) is 0. The molecule has 0 heterocycles. The van der Waals surface area contributed by atoms with Crippen molar-refractivity contribution in [1.82, 2.24) is 5.43 Å². The fraction of sp³-hybridized carbons (Fsp3) is 0.176. The molecular formula is C17H17IN2OS. The lowest BCUT2D eigenvalue weighted by molar-refractivity contribution is -0.118. The average molecular weight is 424 g/mol. The maximum absolute atomic E-state index is 11.7. The summed E-state index contributed by atoms with van der Waals surface area (Å²) >= 11 is 3.84. The molecule has 22 heavy (non-hydrogen) atoms. The van der Waals surface area contributed by atoms with E-state index in [2.05, 4.69) is 52.2 Å². The van der Waals surface area contributed by atoms with Crippen molar-refractivity contribution < 1.29 is 4.79 Å². The molecule has 0 saturated carbocycles. The first kappa shape index (κ1) is 17.0. The number of hydrogen-bond donors (Lipinski definition) is 1. The summed E-state index contributed by atoms with van der Waals surface area (Å²) in [6.07, 6.45) is 1.65. The van der Waals surface area contributed by atoms with Crippen molar-refractivity contribution >= 4 is 46.5 Å². The van der Waals surface area contributed by atoms with Crippen LogP contribution in [0.25, 0.3) is 0 Å². The first-order valence-corrected chi connectivity index (χ1v) is 9.08. The molecule has 2 rings (SSSR count). The Bertz CT molecular complexity index is 656. The lowest BCUT2D eigenvalue weighted by Gasteiger charge is -2.04. The van der Waals surface area contributed by atoms with Crippen LogP contribution < -0.4 is 5.43 Å². The van der Waals surface area contributed by atoms with E-state index in [0.717, 1.165) is 11.3 Å². The number of hydrogen-bond acceptors (Lipinski definition) is 3. The number of nitrogens with zero attached hydrogens (tertiary/aromatic N) is 1. The van der Waals surface area contributed by atoms with Gasteiger partial charge in [-0.3, -0.25) is 4.79 Å². The highest BCUT2D eigenvalue weighted by Crippen LogP contribution is 2.15. The van der Waals surface area contributed by atoms with E-state index in [1.165, 1.54) is 14.7 Å². The van der Waals surface area contributed by atoms with Gasteiger partial charge in [-0.15, -0.1) is 11.8 Å². The molecule has 0 saturated heterocycles. The predicted octanol–water partition coefficient (Wildman–Crippen LogP) is 3.98. The predicted molar refractivity (Wildman–Crippen MR) is 102 cm³/mol. The zero-order valence-electron chi connectivity index (χ0n) is 12.3. The number of thioether (sulfide) groups is 1.